The Bertz CT molecular complexity index is 633. The summed E-state index contributed by atoms with van der Waals surface area (Å²) in [5, 5.41) is 2.85. The summed E-state index contributed by atoms with van der Waals surface area (Å²) < 4.78 is 19.1. The molecule has 136 valence electrons. The van der Waals surface area contributed by atoms with Gasteiger partial charge in [0.25, 0.3) is 5.91 Å². The lowest BCUT2D eigenvalue weighted by atomic mass is 10.0. The van der Waals surface area contributed by atoms with Crippen LogP contribution in [0.1, 0.15) is 31.2 Å². The van der Waals surface area contributed by atoms with Crippen molar-refractivity contribution in [2.75, 3.05) is 20.2 Å². The van der Waals surface area contributed by atoms with Crippen molar-refractivity contribution in [1.29, 1.82) is 0 Å². The Labute approximate surface area is 147 Å². The molecule has 1 heterocycles. The van der Waals surface area contributed by atoms with Gasteiger partial charge in [0, 0.05) is 13.1 Å². The summed E-state index contributed by atoms with van der Waals surface area (Å²) in [6.07, 6.45) is 2.11. The highest BCUT2D eigenvalue weighted by Crippen LogP contribution is 2.35. The van der Waals surface area contributed by atoms with Crippen molar-refractivity contribution < 1.29 is 18.7 Å². The molecule has 0 aromatic heterocycles. The van der Waals surface area contributed by atoms with E-state index in [4.69, 9.17) is 4.74 Å². The van der Waals surface area contributed by atoms with E-state index in [-0.39, 0.29) is 18.4 Å². The highest BCUT2D eigenvalue weighted by atomic mass is 19.1. The number of amides is 2. The van der Waals surface area contributed by atoms with Crippen molar-refractivity contribution in [2.24, 2.45) is 5.92 Å². The fourth-order valence-electron chi connectivity index (χ4n) is 3.13. The summed E-state index contributed by atoms with van der Waals surface area (Å²) in [7, 11) is 1.59. The van der Waals surface area contributed by atoms with Gasteiger partial charge in [-0.05, 0) is 36.5 Å². The molecule has 1 aromatic rings. The van der Waals surface area contributed by atoms with E-state index in [1.165, 1.54) is 0 Å². The van der Waals surface area contributed by atoms with E-state index in [2.05, 4.69) is 5.32 Å². The molecule has 2 unspecified atom stereocenters. The number of alkyl halides is 1. The Hall–Kier alpha value is -2.11. The molecule has 1 saturated carbocycles. The molecule has 5 nitrogen and oxygen atoms in total. The third-order valence-corrected chi connectivity index (χ3v) is 4.97. The number of ether oxygens (including phenoxy) is 1. The average Bonchev–Trinajstić information content (AvgIpc) is 3.38. The minimum Gasteiger partial charge on any atom is -0.497 e. The first kappa shape index (κ1) is 17.7. The second-order valence-electron chi connectivity index (χ2n) is 6.95. The van der Waals surface area contributed by atoms with Crippen molar-refractivity contribution in [2.45, 2.75) is 44.3 Å². The number of benzene rings is 1. The van der Waals surface area contributed by atoms with Crippen LogP contribution < -0.4 is 10.1 Å². The molecule has 3 rings (SSSR count). The average molecular weight is 348 g/mol. The van der Waals surface area contributed by atoms with Gasteiger partial charge in [0.05, 0.1) is 19.6 Å². The summed E-state index contributed by atoms with van der Waals surface area (Å²) in [4.78, 5) is 25.8. The van der Waals surface area contributed by atoms with Crippen LogP contribution in [0.25, 0.3) is 0 Å². The van der Waals surface area contributed by atoms with Crippen LogP contribution in [0, 0.1) is 5.92 Å². The largest absolute Gasteiger partial charge is 0.497 e. The number of carbonyl (C=O) groups excluding carboxylic acids is 2. The van der Waals surface area contributed by atoms with Crippen molar-refractivity contribution >= 4 is 11.8 Å². The maximum atomic E-state index is 14.0. The van der Waals surface area contributed by atoms with Gasteiger partial charge < -0.3 is 15.0 Å². The van der Waals surface area contributed by atoms with Gasteiger partial charge in [-0.2, -0.15) is 0 Å². The third-order valence-electron chi connectivity index (χ3n) is 4.97. The first-order chi connectivity index (χ1) is 12.1. The van der Waals surface area contributed by atoms with Crippen LogP contribution in [0.4, 0.5) is 4.39 Å². The Morgan fingerprint density at radius 3 is 2.80 bits per heavy atom. The highest BCUT2D eigenvalue weighted by Gasteiger charge is 2.38. The monoisotopic (exact) mass is 348 g/mol. The normalized spacial score (nSPS) is 20.6. The molecular weight excluding hydrogens is 323 g/mol. The molecule has 0 radical (unpaired) electrons. The van der Waals surface area contributed by atoms with E-state index in [0.717, 1.165) is 24.8 Å². The summed E-state index contributed by atoms with van der Waals surface area (Å²) in [5.74, 6) is 0.583. The second-order valence-corrected chi connectivity index (χ2v) is 6.95. The lowest BCUT2D eigenvalue weighted by Crippen LogP contribution is -2.58. The third kappa shape index (κ3) is 4.71. The van der Waals surface area contributed by atoms with Gasteiger partial charge in [0.1, 0.15) is 5.75 Å². The van der Waals surface area contributed by atoms with Crippen LogP contribution in [0.3, 0.4) is 0 Å². The maximum absolute atomic E-state index is 14.0. The standard InChI is InChI=1S/C19H25FN2O3/c1-25-16-4-2-3-14(9-16)11-18(23)21-12-15-7-8-22(15)19(24)17(20)10-13-5-6-13/h2-4,9,13,15,17H,5-8,10-12H2,1H3,(H,21,23). The predicted molar refractivity (Wildman–Crippen MR) is 92.1 cm³/mol. The smallest absolute Gasteiger partial charge is 0.257 e. The van der Waals surface area contributed by atoms with E-state index >= 15 is 0 Å². The van der Waals surface area contributed by atoms with Crippen molar-refractivity contribution in [3.8, 4) is 5.75 Å². The number of hydrogen-bond acceptors (Lipinski definition) is 3. The van der Waals surface area contributed by atoms with E-state index in [0.29, 0.717) is 31.2 Å². The number of nitrogens with zero attached hydrogens (tertiary/aromatic N) is 1. The first-order valence-electron chi connectivity index (χ1n) is 8.91. The van der Waals surface area contributed by atoms with Crippen LogP contribution >= 0.6 is 0 Å². The van der Waals surface area contributed by atoms with Crippen LogP contribution in [0.2, 0.25) is 0 Å². The zero-order valence-corrected chi connectivity index (χ0v) is 14.5. The van der Waals surface area contributed by atoms with E-state index < -0.39 is 12.1 Å². The maximum Gasteiger partial charge on any atom is 0.257 e. The van der Waals surface area contributed by atoms with Crippen molar-refractivity contribution in [3.63, 3.8) is 0 Å². The Morgan fingerprint density at radius 1 is 1.36 bits per heavy atom. The number of likely N-dealkylation sites (tertiary alicyclic amines) is 1. The summed E-state index contributed by atoms with van der Waals surface area (Å²) in [6.45, 7) is 0.963. The Morgan fingerprint density at radius 2 is 2.16 bits per heavy atom. The molecule has 1 aromatic carbocycles. The molecule has 6 heteroatoms. The number of rotatable bonds is 8. The predicted octanol–water partition coefficient (Wildman–Crippen LogP) is 2.09. The van der Waals surface area contributed by atoms with Gasteiger partial charge in [-0.25, -0.2) is 4.39 Å². The molecule has 1 aliphatic heterocycles. The molecule has 2 fully saturated rings. The fourth-order valence-corrected chi connectivity index (χ4v) is 3.13. The van der Waals surface area contributed by atoms with Gasteiger partial charge in [-0.15, -0.1) is 0 Å². The van der Waals surface area contributed by atoms with Crippen LogP contribution in [-0.4, -0.2) is 49.1 Å². The molecule has 0 bridgehead atoms. The second kappa shape index (κ2) is 7.85. The number of nitrogens with one attached hydrogen (secondary N) is 1. The van der Waals surface area contributed by atoms with Gasteiger partial charge in [-0.1, -0.05) is 25.0 Å². The first-order valence-corrected chi connectivity index (χ1v) is 8.91. The Balaban J connectivity index is 1.42. The van der Waals surface area contributed by atoms with E-state index in [1.807, 2.05) is 24.3 Å². The van der Waals surface area contributed by atoms with E-state index in [9.17, 15) is 14.0 Å². The molecular formula is C19H25FN2O3. The molecule has 1 N–H and O–H groups in total. The van der Waals surface area contributed by atoms with Gasteiger partial charge in [0.2, 0.25) is 5.91 Å². The zero-order valence-electron chi connectivity index (χ0n) is 14.5. The quantitative estimate of drug-likeness (QED) is 0.783. The van der Waals surface area contributed by atoms with Crippen LogP contribution in [0.15, 0.2) is 24.3 Å². The summed E-state index contributed by atoms with van der Waals surface area (Å²) in [5.41, 5.74) is 0.867. The number of methoxy groups -OCH3 is 1. The number of hydrogen-bond donors (Lipinski definition) is 1. The zero-order chi connectivity index (χ0) is 17.8. The minimum atomic E-state index is -1.39. The molecule has 1 saturated heterocycles. The van der Waals surface area contributed by atoms with Gasteiger partial charge in [-0.3, -0.25) is 9.59 Å². The highest BCUT2D eigenvalue weighted by molar-refractivity contribution is 5.82. The number of halogens is 1. The van der Waals surface area contributed by atoms with Gasteiger partial charge >= 0.3 is 0 Å². The summed E-state index contributed by atoms with van der Waals surface area (Å²) in [6, 6.07) is 7.28. The summed E-state index contributed by atoms with van der Waals surface area (Å²) >= 11 is 0. The Kier molecular flexibility index (Phi) is 5.56. The van der Waals surface area contributed by atoms with Crippen molar-refractivity contribution in [1.82, 2.24) is 10.2 Å². The lowest BCUT2D eigenvalue weighted by molar-refractivity contribution is -0.145. The minimum absolute atomic E-state index is 0.0841. The molecule has 2 aliphatic rings. The SMILES string of the molecule is COc1cccc(CC(=O)NCC2CCN2C(=O)C(F)CC2CC2)c1. The topological polar surface area (TPSA) is 58.6 Å². The van der Waals surface area contributed by atoms with Gasteiger partial charge in [0.15, 0.2) is 6.17 Å². The molecule has 1 aliphatic carbocycles. The molecule has 2 amide bonds. The fraction of sp³-hybridized carbons (Fsp3) is 0.579. The van der Waals surface area contributed by atoms with E-state index in [1.54, 1.807) is 12.0 Å². The molecule has 0 spiro atoms. The number of carbonyl (C=O) groups is 2. The van der Waals surface area contributed by atoms with Crippen molar-refractivity contribution in [3.05, 3.63) is 29.8 Å². The van der Waals surface area contributed by atoms with Crippen LogP contribution in [0.5, 0.6) is 5.75 Å². The molecule has 2 atom stereocenters. The molecule has 25 heavy (non-hydrogen) atoms. The lowest BCUT2D eigenvalue weighted by Gasteiger charge is -2.41. The van der Waals surface area contributed by atoms with Crippen LogP contribution in [-0.2, 0) is 16.0 Å².